The molecule has 0 radical (unpaired) electrons. The summed E-state index contributed by atoms with van der Waals surface area (Å²) >= 11 is 1.59. The monoisotopic (exact) mass is 345 g/mol. The zero-order chi connectivity index (χ0) is 16.4. The molecule has 24 heavy (non-hydrogen) atoms. The Labute approximate surface area is 146 Å². The predicted octanol–water partition coefficient (Wildman–Crippen LogP) is 2.48. The van der Waals surface area contributed by atoms with Crippen molar-refractivity contribution in [1.82, 2.24) is 14.8 Å². The Bertz CT molecular complexity index is 703. The minimum atomic E-state index is 0.162. The van der Waals surface area contributed by atoms with Crippen molar-refractivity contribution >= 4 is 27.5 Å². The van der Waals surface area contributed by atoms with Crippen LogP contribution in [-0.4, -0.2) is 66.6 Å². The van der Waals surface area contributed by atoms with Crippen LogP contribution in [0.2, 0.25) is 0 Å². The van der Waals surface area contributed by atoms with E-state index in [9.17, 15) is 4.79 Å². The van der Waals surface area contributed by atoms with Gasteiger partial charge in [0.1, 0.15) is 0 Å². The summed E-state index contributed by atoms with van der Waals surface area (Å²) in [7, 11) is 0. The number of hydrogen-bond acceptors (Lipinski definition) is 5. The van der Waals surface area contributed by atoms with Crippen LogP contribution in [0.4, 0.5) is 0 Å². The van der Waals surface area contributed by atoms with Crippen LogP contribution in [0.25, 0.3) is 10.2 Å². The molecule has 0 saturated carbocycles. The first-order valence-electron chi connectivity index (χ1n) is 8.72. The molecule has 0 atom stereocenters. The average Bonchev–Trinajstić information content (AvgIpc) is 3.10. The average molecular weight is 345 g/mol. The van der Waals surface area contributed by atoms with Crippen LogP contribution in [0.5, 0.6) is 0 Å². The molecule has 2 aliphatic rings. The number of likely N-dealkylation sites (tertiary alicyclic amines) is 1. The minimum absolute atomic E-state index is 0.162. The number of aromatic nitrogens is 1. The van der Waals surface area contributed by atoms with Crippen LogP contribution in [0, 0.1) is 5.92 Å². The number of thiazole rings is 1. The van der Waals surface area contributed by atoms with E-state index in [2.05, 4.69) is 9.88 Å². The third-order valence-corrected chi connectivity index (χ3v) is 5.89. The normalized spacial score (nSPS) is 20.6. The van der Waals surface area contributed by atoms with Crippen molar-refractivity contribution in [2.24, 2.45) is 5.92 Å². The van der Waals surface area contributed by atoms with E-state index >= 15 is 0 Å². The van der Waals surface area contributed by atoms with Crippen LogP contribution >= 0.6 is 11.3 Å². The molecule has 1 aromatic carbocycles. The van der Waals surface area contributed by atoms with Gasteiger partial charge < -0.3 is 9.64 Å². The number of carbonyl (C=O) groups is 1. The summed E-state index contributed by atoms with van der Waals surface area (Å²) in [4.78, 5) is 21.5. The molecule has 0 bridgehead atoms. The van der Waals surface area contributed by atoms with Gasteiger partial charge in [-0.05, 0) is 37.0 Å². The summed E-state index contributed by atoms with van der Waals surface area (Å²) in [6.45, 7) is 6.71. The van der Waals surface area contributed by atoms with Crippen LogP contribution in [0.1, 0.15) is 23.2 Å². The molecule has 0 spiro atoms. The fourth-order valence-corrected chi connectivity index (χ4v) is 4.35. The maximum Gasteiger partial charge on any atom is 0.253 e. The van der Waals surface area contributed by atoms with Crippen LogP contribution < -0.4 is 0 Å². The van der Waals surface area contributed by atoms with Gasteiger partial charge in [0.2, 0.25) is 0 Å². The number of amides is 1. The van der Waals surface area contributed by atoms with Crippen molar-refractivity contribution in [3.63, 3.8) is 0 Å². The molecule has 3 heterocycles. The highest BCUT2D eigenvalue weighted by Crippen LogP contribution is 2.23. The molecule has 0 unspecified atom stereocenters. The van der Waals surface area contributed by atoms with Gasteiger partial charge in [-0.25, -0.2) is 4.98 Å². The molecular formula is C18H23N3O2S. The van der Waals surface area contributed by atoms with Crippen molar-refractivity contribution in [2.75, 3.05) is 45.9 Å². The van der Waals surface area contributed by atoms with Gasteiger partial charge in [0.25, 0.3) is 5.91 Å². The van der Waals surface area contributed by atoms with Crippen molar-refractivity contribution < 1.29 is 9.53 Å². The first-order chi connectivity index (χ1) is 11.8. The topological polar surface area (TPSA) is 45.7 Å². The van der Waals surface area contributed by atoms with E-state index in [4.69, 9.17) is 4.74 Å². The zero-order valence-corrected chi connectivity index (χ0v) is 14.6. The lowest BCUT2D eigenvalue weighted by molar-refractivity contribution is 0.0243. The molecule has 5 nitrogen and oxygen atoms in total. The Morgan fingerprint density at radius 1 is 1.21 bits per heavy atom. The maximum atomic E-state index is 12.7. The van der Waals surface area contributed by atoms with E-state index in [1.165, 1.54) is 0 Å². The Morgan fingerprint density at radius 2 is 2.00 bits per heavy atom. The predicted molar refractivity (Wildman–Crippen MR) is 95.5 cm³/mol. The second kappa shape index (κ2) is 7.17. The quantitative estimate of drug-likeness (QED) is 0.857. The molecule has 128 valence electrons. The van der Waals surface area contributed by atoms with E-state index in [1.54, 1.807) is 11.3 Å². The van der Waals surface area contributed by atoms with Crippen molar-refractivity contribution in [1.29, 1.82) is 0 Å². The smallest absolute Gasteiger partial charge is 0.253 e. The number of ether oxygens (including phenoxy) is 1. The van der Waals surface area contributed by atoms with Gasteiger partial charge in [0, 0.05) is 38.3 Å². The number of piperidine rings is 1. The van der Waals surface area contributed by atoms with Crippen molar-refractivity contribution in [3.05, 3.63) is 29.3 Å². The zero-order valence-electron chi connectivity index (χ0n) is 13.8. The van der Waals surface area contributed by atoms with Crippen molar-refractivity contribution in [2.45, 2.75) is 12.8 Å². The number of nitrogens with zero attached hydrogens (tertiary/aromatic N) is 3. The second-order valence-corrected chi connectivity index (χ2v) is 7.57. The Hall–Kier alpha value is -1.50. The lowest BCUT2D eigenvalue weighted by atomic mass is 9.95. The number of benzene rings is 1. The summed E-state index contributed by atoms with van der Waals surface area (Å²) in [5.74, 6) is 0.867. The standard InChI is InChI=1S/C18H23N3O2S/c22-18(15-1-2-16-17(11-15)24-13-19-16)21-5-3-14(4-6-21)12-20-7-9-23-10-8-20/h1-2,11,13-14H,3-10,12H2. The van der Waals surface area contributed by atoms with E-state index in [1.807, 2.05) is 28.6 Å². The van der Waals surface area contributed by atoms with Gasteiger partial charge in [-0.3, -0.25) is 9.69 Å². The number of carbonyl (C=O) groups excluding carboxylic acids is 1. The Morgan fingerprint density at radius 3 is 2.79 bits per heavy atom. The van der Waals surface area contributed by atoms with E-state index < -0.39 is 0 Å². The third kappa shape index (κ3) is 3.45. The van der Waals surface area contributed by atoms with Gasteiger partial charge in [-0.2, -0.15) is 0 Å². The maximum absolute atomic E-state index is 12.7. The molecule has 2 aliphatic heterocycles. The summed E-state index contributed by atoms with van der Waals surface area (Å²) in [6.07, 6.45) is 2.21. The van der Waals surface area contributed by atoms with Gasteiger partial charge >= 0.3 is 0 Å². The van der Waals surface area contributed by atoms with Crippen LogP contribution in [0.3, 0.4) is 0 Å². The molecule has 0 aliphatic carbocycles. The molecule has 1 amide bonds. The van der Waals surface area contributed by atoms with Gasteiger partial charge in [-0.15, -0.1) is 11.3 Å². The van der Waals surface area contributed by atoms with Gasteiger partial charge in [-0.1, -0.05) is 0 Å². The first-order valence-corrected chi connectivity index (χ1v) is 9.60. The molecule has 1 aromatic heterocycles. The molecule has 0 N–H and O–H groups in total. The lowest BCUT2D eigenvalue weighted by Gasteiger charge is -2.36. The molecule has 2 aromatic rings. The summed E-state index contributed by atoms with van der Waals surface area (Å²) in [6, 6.07) is 5.84. The summed E-state index contributed by atoms with van der Waals surface area (Å²) in [5, 5.41) is 0. The fraction of sp³-hybridized carbons (Fsp3) is 0.556. The largest absolute Gasteiger partial charge is 0.379 e. The molecule has 2 saturated heterocycles. The molecular weight excluding hydrogens is 322 g/mol. The number of morpholine rings is 1. The molecule has 2 fully saturated rings. The lowest BCUT2D eigenvalue weighted by Crippen LogP contribution is -2.44. The Kier molecular flexibility index (Phi) is 4.78. The number of fused-ring (bicyclic) bond motifs is 1. The summed E-state index contributed by atoms with van der Waals surface area (Å²) in [5.41, 5.74) is 3.59. The SMILES string of the molecule is O=C(c1ccc2ncsc2c1)N1CCC(CN2CCOCC2)CC1. The van der Waals surface area contributed by atoms with Crippen LogP contribution in [0.15, 0.2) is 23.7 Å². The number of rotatable bonds is 3. The summed E-state index contributed by atoms with van der Waals surface area (Å²) < 4.78 is 6.50. The molecule has 6 heteroatoms. The minimum Gasteiger partial charge on any atom is -0.379 e. The van der Waals surface area contributed by atoms with E-state index in [0.29, 0.717) is 5.92 Å². The van der Waals surface area contributed by atoms with Gasteiger partial charge in [0.15, 0.2) is 0 Å². The van der Waals surface area contributed by atoms with Gasteiger partial charge in [0.05, 0.1) is 28.9 Å². The molecule has 4 rings (SSSR count). The highest BCUT2D eigenvalue weighted by atomic mass is 32.1. The first kappa shape index (κ1) is 16.0. The fourth-order valence-electron chi connectivity index (χ4n) is 3.64. The van der Waals surface area contributed by atoms with E-state index in [-0.39, 0.29) is 5.91 Å². The second-order valence-electron chi connectivity index (χ2n) is 6.68. The Balaban J connectivity index is 1.33. The van der Waals surface area contributed by atoms with E-state index in [0.717, 1.165) is 74.6 Å². The third-order valence-electron chi connectivity index (χ3n) is 5.10. The highest BCUT2D eigenvalue weighted by Gasteiger charge is 2.25. The highest BCUT2D eigenvalue weighted by molar-refractivity contribution is 7.16. The van der Waals surface area contributed by atoms with Crippen LogP contribution in [-0.2, 0) is 4.74 Å². The van der Waals surface area contributed by atoms with Crippen molar-refractivity contribution in [3.8, 4) is 0 Å². The number of hydrogen-bond donors (Lipinski definition) is 0.